The quantitative estimate of drug-likeness (QED) is 0.129. The van der Waals surface area contributed by atoms with Gasteiger partial charge in [-0.25, -0.2) is 0 Å². The Morgan fingerprint density at radius 2 is 0.882 bits per heavy atom. The van der Waals surface area contributed by atoms with Gasteiger partial charge in [0.15, 0.2) is 0 Å². The summed E-state index contributed by atoms with van der Waals surface area (Å²) in [7, 11) is -4.23. The lowest BCUT2D eigenvalue weighted by molar-refractivity contribution is 0.479. The lowest BCUT2D eigenvalue weighted by Crippen LogP contribution is -2.11. The van der Waals surface area contributed by atoms with Gasteiger partial charge in [0.1, 0.15) is 4.90 Å². The van der Waals surface area contributed by atoms with Crippen molar-refractivity contribution in [1.29, 1.82) is 0 Å². The lowest BCUT2D eigenvalue weighted by Gasteiger charge is -2.18. The van der Waals surface area contributed by atoms with Crippen LogP contribution in [-0.2, 0) is 29.4 Å². The molecule has 3 nitrogen and oxygen atoms in total. The summed E-state index contributed by atoms with van der Waals surface area (Å²) in [5, 5.41) is 0. The van der Waals surface area contributed by atoms with Crippen molar-refractivity contribution in [3.63, 3.8) is 0 Å². The molecule has 0 bridgehead atoms. The first-order chi connectivity index (χ1) is 16.5. The average Bonchev–Trinajstić information content (AvgIpc) is 2.80. The molecule has 0 saturated heterocycles. The molecule has 0 fully saturated rings. The molecule has 0 saturated carbocycles. The predicted octanol–water partition coefficient (Wildman–Crippen LogP) is 9.64. The summed E-state index contributed by atoms with van der Waals surface area (Å²) in [6, 6.07) is 4.16. The molecule has 0 aliphatic carbocycles. The summed E-state index contributed by atoms with van der Waals surface area (Å²) in [4.78, 5) is 0.248. The Bertz CT molecular complexity index is 740. The van der Waals surface area contributed by atoms with E-state index in [1.807, 2.05) is 6.07 Å². The van der Waals surface area contributed by atoms with E-state index in [1.165, 1.54) is 83.5 Å². The Kier molecular flexibility index (Phi) is 17.7. The van der Waals surface area contributed by atoms with Crippen molar-refractivity contribution in [2.24, 2.45) is 0 Å². The van der Waals surface area contributed by atoms with Crippen molar-refractivity contribution < 1.29 is 13.0 Å². The molecule has 4 heteroatoms. The zero-order valence-corrected chi connectivity index (χ0v) is 23.5. The molecule has 0 aliphatic heterocycles. The second kappa shape index (κ2) is 19.3. The Labute approximate surface area is 212 Å². The monoisotopic (exact) mass is 494 g/mol. The van der Waals surface area contributed by atoms with E-state index in [2.05, 4.69) is 26.8 Å². The molecular formula is C30H54O3S. The van der Waals surface area contributed by atoms with Gasteiger partial charge in [0, 0.05) is 0 Å². The van der Waals surface area contributed by atoms with Crippen LogP contribution in [0.5, 0.6) is 0 Å². The normalized spacial score (nSPS) is 11.9. The second-order valence-corrected chi connectivity index (χ2v) is 11.6. The largest absolute Gasteiger partial charge is 0.295 e. The first-order valence-electron chi connectivity index (χ1n) is 14.6. The number of hydrogen-bond donors (Lipinski definition) is 1. The smallest absolute Gasteiger partial charge is 0.282 e. The molecule has 198 valence electrons. The number of hydrogen-bond acceptors (Lipinski definition) is 2. The Balaban J connectivity index is 2.94. The van der Waals surface area contributed by atoms with Crippen LogP contribution in [0.4, 0.5) is 0 Å². The van der Waals surface area contributed by atoms with E-state index in [1.54, 1.807) is 0 Å². The standard InChI is InChI=1S/C30H54O3S/c1-4-7-10-13-16-19-22-27-25-26-28(23-20-17-14-11-8-5-2)30(34(31,32)33)29(27)24-21-18-15-12-9-6-3/h25-26H,4-24H2,1-3H3,(H,31,32,33). The molecular weight excluding hydrogens is 440 g/mol. The summed E-state index contributed by atoms with van der Waals surface area (Å²) in [6.45, 7) is 6.68. The van der Waals surface area contributed by atoms with E-state index >= 15 is 0 Å². The van der Waals surface area contributed by atoms with Crippen molar-refractivity contribution in [1.82, 2.24) is 0 Å². The fourth-order valence-corrected chi connectivity index (χ4v) is 6.06. The highest BCUT2D eigenvalue weighted by atomic mass is 32.2. The molecule has 1 aromatic carbocycles. The van der Waals surface area contributed by atoms with E-state index in [9.17, 15) is 13.0 Å². The maximum absolute atomic E-state index is 12.6. The van der Waals surface area contributed by atoms with Crippen LogP contribution in [0.15, 0.2) is 17.0 Å². The third kappa shape index (κ3) is 13.3. The fourth-order valence-electron chi connectivity index (χ4n) is 5.02. The van der Waals surface area contributed by atoms with Crippen LogP contribution in [0.1, 0.15) is 153 Å². The van der Waals surface area contributed by atoms with Crippen LogP contribution in [-0.4, -0.2) is 13.0 Å². The van der Waals surface area contributed by atoms with E-state index in [0.717, 1.165) is 68.1 Å². The van der Waals surface area contributed by atoms with Gasteiger partial charge in [-0.1, -0.05) is 129 Å². The molecule has 1 rings (SSSR count). The lowest BCUT2D eigenvalue weighted by atomic mass is 9.93. The summed E-state index contributed by atoms with van der Waals surface area (Å²) in [6.07, 6.45) is 23.9. The SMILES string of the molecule is CCCCCCCCc1ccc(CCCCCCCC)c(S(=O)(=O)O)c1CCCCCCCC. The van der Waals surface area contributed by atoms with Gasteiger partial charge in [0.05, 0.1) is 0 Å². The summed E-state index contributed by atoms with van der Waals surface area (Å²) in [5.74, 6) is 0. The zero-order chi connectivity index (χ0) is 25.1. The van der Waals surface area contributed by atoms with Crippen LogP contribution >= 0.6 is 0 Å². The summed E-state index contributed by atoms with van der Waals surface area (Å²) < 4.78 is 35.4. The van der Waals surface area contributed by atoms with Crippen LogP contribution in [0.3, 0.4) is 0 Å². The number of unbranched alkanes of at least 4 members (excludes halogenated alkanes) is 15. The molecule has 0 spiro atoms. The van der Waals surface area contributed by atoms with Crippen molar-refractivity contribution in [3.05, 3.63) is 28.8 Å². The van der Waals surface area contributed by atoms with Crippen molar-refractivity contribution in [3.8, 4) is 0 Å². The summed E-state index contributed by atoms with van der Waals surface area (Å²) >= 11 is 0. The second-order valence-electron chi connectivity index (χ2n) is 10.2. The molecule has 0 radical (unpaired) electrons. The highest BCUT2D eigenvalue weighted by molar-refractivity contribution is 7.86. The van der Waals surface area contributed by atoms with Gasteiger partial charge < -0.3 is 0 Å². The van der Waals surface area contributed by atoms with Crippen LogP contribution in [0.25, 0.3) is 0 Å². The molecule has 34 heavy (non-hydrogen) atoms. The minimum Gasteiger partial charge on any atom is -0.282 e. The van der Waals surface area contributed by atoms with Crippen LogP contribution in [0.2, 0.25) is 0 Å². The van der Waals surface area contributed by atoms with E-state index < -0.39 is 10.1 Å². The topological polar surface area (TPSA) is 54.4 Å². The third-order valence-electron chi connectivity index (χ3n) is 7.08. The van der Waals surface area contributed by atoms with Gasteiger partial charge in [-0.15, -0.1) is 0 Å². The zero-order valence-electron chi connectivity index (χ0n) is 22.7. The van der Waals surface area contributed by atoms with Crippen molar-refractivity contribution in [2.75, 3.05) is 0 Å². The number of aryl methyl sites for hydroxylation is 2. The maximum Gasteiger partial charge on any atom is 0.295 e. The first-order valence-corrected chi connectivity index (χ1v) is 16.0. The molecule has 0 amide bonds. The minimum absolute atomic E-state index is 0.248. The molecule has 0 aliphatic rings. The van der Waals surface area contributed by atoms with Gasteiger partial charge in [0.2, 0.25) is 0 Å². The van der Waals surface area contributed by atoms with Crippen molar-refractivity contribution in [2.45, 2.75) is 161 Å². The van der Waals surface area contributed by atoms with E-state index in [4.69, 9.17) is 0 Å². The van der Waals surface area contributed by atoms with E-state index in [0.29, 0.717) is 0 Å². The molecule has 0 atom stereocenters. The Hall–Kier alpha value is -0.870. The Morgan fingerprint density at radius 3 is 1.32 bits per heavy atom. The molecule has 0 unspecified atom stereocenters. The average molecular weight is 495 g/mol. The molecule has 1 N–H and O–H groups in total. The highest BCUT2D eigenvalue weighted by Crippen LogP contribution is 2.29. The highest BCUT2D eigenvalue weighted by Gasteiger charge is 2.22. The number of benzene rings is 1. The van der Waals surface area contributed by atoms with E-state index in [-0.39, 0.29) is 4.90 Å². The predicted molar refractivity (Wildman–Crippen MR) is 147 cm³/mol. The molecule has 0 heterocycles. The molecule has 1 aromatic rings. The van der Waals surface area contributed by atoms with Gasteiger partial charge in [-0.2, -0.15) is 8.42 Å². The third-order valence-corrected chi connectivity index (χ3v) is 8.10. The summed E-state index contributed by atoms with van der Waals surface area (Å²) in [5.41, 5.74) is 2.88. The minimum atomic E-state index is -4.23. The Morgan fingerprint density at radius 1 is 0.529 bits per heavy atom. The maximum atomic E-state index is 12.6. The first kappa shape index (κ1) is 31.2. The van der Waals surface area contributed by atoms with Gasteiger partial charge in [0.25, 0.3) is 10.1 Å². The van der Waals surface area contributed by atoms with Crippen LogP contribution < -0.4 is 0 Å². The molecule has 0 aromatic heterocycles. The number of rotatable bonds is 22. The van der Waals surface area contributed by atoms with Crippen molar-refractivity contribution >= 4 is 10.1 Å². The van der Waals surface area contributed by atoms with Crippen LogP contribution in [0, 0.1) is 0 Å². The van der Waals surface area contributed by atoms with Gasteiger partial charge in [-0.05, 0) is 55.2 Å². The van der Waals surface area contributed by atoms with Gasteiger partial charge in [-0.3, -0.25) is 4.55 Å². The van der Waals surface area contributed by atoms with Gasteiger partial charge >= 0.3 is 0 Å². The fraction of sp³-hybridized carbons (Fsp3) is 0.800.